The fraction of sp³-hybridized carbons (Fsp3) is 0.556. The highest BCUT2D eigenvalue weighted by Gasteiger charge is 2.51. The number of fused-ring (bicyclic) bond motifs is 6. The molecule has 2 saturated heterocycles. The first-order chi connectivity index (χ1) is 11.5. The van der Waals surface area contributed by atoms with E-state index in [9.17, 15) is 4.79 Å². The van der Waals surface area contributed by atoms with Crippen molar-refractivity contribution in [3.8, 4) is 0 Å². The van der Waals surface area contributed by atoms with Gasteiger partial charge in [-0.25, -0.2) is 4.98 Å². The number of rotatable bonds is 2. The summed E-state index contributed by atoms with van der Waals surface area (Å²) in [6.45, 7) is 8.23. The lowest BCUT2D eigenvalue weighted by Crippen LogP contribution is -2.30. The molecule has 5 atom stereocenters. The molecule has 1 N–H and O–H groups in total. The number of thiophene rings is 1. The van der Waals surface area contributed by atoms with E-state index in [1.165, 1.54) is 4.88 Å². The monoisotopic (exact) mass is 343 g/mol. The topological polar surface area (TPSA) is 58.2 Å². The minimum absolute atomic E-state index is 0.00633. The van der Waals surface area contributed by atoms with Crippen LogP contribution in [-0.4, -0.2) is 40.2 Å². The molecule has 0 aliphatic carbocycles. The van der Waals surface area contributed by atoms with Crippen LogP contribution < -0.4 is 5.56 Å². The van der Waals surface area contributed by atoms with Gasteiger partial charge >= 0.3 is 0 Å². The van der Waals surface area contributed by atoms with Crippen LogP contribution in [0.3, 0.4) is 0 Å². The predicted molar refractivity (Wildman–Crippen MR) is 94.5 cm³/mol. The van der Waals surface area contributed by atoms with Gasteiger partial charge in [0.25, 0.3) is 5.56 Å². The van der Waals surface area contributed by atoms with E-state index in [0.29, 0.717) is 11.8 Å². The number of likely N-dealkylation sites (tertiary alicyclic amines) is 1. The highest BCUT2D eigenvalue weighted by Crippen LogP contribution is 2.45. The maximum atomic E-state index is 12.5. The molecule has 2 bridgehead atoms. The zero-order valence-corrected chi connectivity index (χ0v) is 14.9. The van der Waals surface area contributed by atoms with Crippen molar-refractivity contribution in [2.45, 2.75) is 39.0 Å². The molecule has 6 heteroatoms. The molecule has 2 aromatic rings. The van der Waals surface area contributed by atoms with Crippen LogP contribution in [-0.2, 0) is 4.74 Å². The highest BCUT2D eigenvalue weighted by molar-refractivity contribution is 7.18. The second-order valence-electron chi connectivity index (χ2n) is 7.32. The fourth-order valence-electron chi connectivity index (χ4n) is 4.52. The molecule has 5 rings (SSSR count). The molecule has 0 spiro atoms. The molecule has 2 fully saturated rings. The van der Waals surface area contributed by atoms with Crippen molar-refractivity contribution in [1.82, 2.24) is 14.9 Å². The molecule has 5 heterocycles. The Kier molecular flexibility index (Phi) is 3.09. The minimum Gasteiger partial charge on any atom is -0.366 e. The number of aromatic nitrogens is 2. The number of aromatic amines is 1. The zero-order chi connectivity index (χ0) is 16.6. The Labute approximate surface area is 144 Å². The van der Waals surface area contributed by atoms with Crippen molar-refractivity contribution < 1.29 is 4.74 Å². The summed E-state index contributed by atoms with van der Waals surface area (Å²) in [6, 6.07) is 0.120. The molecule has 3 aliphatic rings. The third-order valence-electron chi connectivity index (χ3n) is 6.09. The van der Waals surface area contributed by atoms with Gasteiger partial charge in [0.05, 0.1) is 23.6 Å². The molecule has 2 aromatic heterocycles. The molecule has 3 aliphatic heterocycles. The average molecular weight is 343 g/mol. The van der Waals surface area contributed by atoms with Crippen LogP contribution >= 0.6 is 11.3 Å². The average Bonchev–Trinajstić information content (AvgIpc) is 3.28. The summed E-state index contributed by atoms with van der Waals surface area (Å²) in [7, 11) is 0. The lowest BCUT2D eigenvalue weighted by Gasteiger charge is -2.25. The van der Waals surface area contributed by atoms with Crippen molar-refractivity contribution in [1.29, 1.82) is 0 Å². The van der Waals surface area contributed by atoms with Crippen molar-refractivity contribution in [2.24, 2.45) is 11.8 Å². The van der Waals surface area contributed by atoms with Crippen LogP contribution in [0.2, 0.25) is 0 Å². The molecule has 24 heavy (non-hydrogen) atoms. The number of nitrogens with zero attached hydrogens (tertiary/aromatic N) is 2. The molecule has 0 aromatic carbocycles. The van der Waals surface area contributed by atoms with Gasteiger partial charge in [-0.3, -0.25) is 9.69 Å². The van der Waals surface area contributed by atoms with Crippen molar-refractivity contribution in [3.63, 3.8) is 0 Å². The van der Waals surface area contributed by atoms with Crippen LogP contribution in [0.15, 0.2) is 16.9 Å². The van der Waals surface area contributed by atoms with E-state index in [2.05, 4.69) is 35.9 Å². The Morgan fingerprint density at radius 2 is 1.96 bits per heavy atom. The van der Waals surface area contributed by atoms with E-state index in [4.69, 9.17) is 9.72 Å². The molecular formula is C18H21N3O2S. The van der Waals surface area contributed by atoms with Crippen LogP contribution in [0.25, 0.3) is 10.2 Å². The normalized spacial score (nSPS) is 32.8. The summed E-state index contributed by atoms with van der Waals surface area (Å²) in [5.41, 5.74) is 1.05. The van der Waals surface area contributed by atoms with Gasteiger partial charge in [-0.15, -0.1) is 11.3 Å². The third kappa shape index (κ3) is 1.93. The Balaban J connectivity index is 1.47. The summed E-state index contributed by atoms with van der Waals surface area (Å²) in [5, 5.41) is 0.752. The van der Waals surface area contributed by atoms with Gasteiger partial charge in [-0.2, -0.15) is 0 Å². The lowest BCUT2D eigenvalue weighted by atomic mass is 9.86. The maximum absolute atomic E-state index is 12.5. The molecule has 5 unspecified atom stereocenters. The van der Waals surface area contributed by atoms with E-state index in [1.54, 1.807) is 11.3 Å². The first-order valence-electron chi connectivity index (χ1n) is 8.60. The minimum atomic E-state index is -0.00633. The predicted octanol–water partition coefficient (Wildman–Crippen LogP) is 2.55. The SMILES string of the molecule is Cc1sc2nc(C(C)N3CC4C5C=CC(O5)C4C3)[nH]c(=O)c2c1C. The molecule has 0 amide bonds. The zero-order valence-electron chi connectivity index (χ0n) is 14.1. The Morgan fingerprint density at radius 3 is 2.62 bits per heavy atom. The van der Waals surface area contributed by atoms with Crippen molar-refractivity contribution in [2.75, 3.05) is 13.1 Å². The number of H-pyrrole nitrogens is 1. The van der Waals surface area contributed by atoms with Crippen LogP contribution in [0.1, 0.15) is 29.2 Å². The number of aryl methyl sites for hydroxylation is 2. The van der Waals surface area contributed by atoms with Gasteiger partial charge in [-0.1, -0.05) is 12.2 Å². The van der Waals surface area contributed by atoms with Gasteiger partial charge in [0.15, 0.2) is 0 Å². The summed E-state index contributed by atoms with van der Waals surface area (Å²) >= 11 is 1.61. The molecule has 5 nitrogen and oxygen atoms in total. The van der Waals surface area contributed by atoms with Gasteiger partial charge < -0.3 is 9.72 Å². The number of hydrogen-bond acceptors (Lipinski definition) is 5. The summed E-state index contributed by atoms with van der Waals surface area (Å²) < 4.78 is 5.96. The van der Waals surface area contributed by atoms with E-state index < -0.39 is 0 Å². The van der Waals surface area contributed by atoms with E-state index >= 15 is 0 Å². The van der Waals surface area contributed by atoms with E-state index in [-0.39, 0.29) is 23.8 Å². The van der Waals surface area contributed by atoms with Crippen molar-refractivity contribution in [3.05, 3.63) is 38.8 Å². The second kappa shape index (κ2) is 5.00. The van der Waals surface area contributed by atoms with E-state index in [1.807, 2.05) is 6.92 Å². The Bertz CT molecular complexity index is 895. The smallest absolute Gasteiger partial charge is 0.259 e. The first-order valence-corrected chi connectivity index (χ1v) is 9.42. The second-order valence-corrected chi connectivity index (χ2v) is 8.53. The molecular weight excluding hydrogens is 322 g/mol. The number of ether oxygens (including phenoxy) is 1. The van der Waals surface area contributed by atoms with Gasteiger partial charge in [-0.05, 0) is 26.3 Å². The van der Waals surface area contributed by atoms with Gasteiger partial charge in [0, 0.05) is 29.8 Å². The Hall–Kier alpha value is -1.50. The largest absolute Gasteiger partial charge is 0.366 e. The lowest BCUT2D eigenvalue weighted by molar-refractivity contribution is 0.0782. The van der Waals surface area contributed by atoms with Gasteiger partial charge in [0.2, 0.25) is 0 Å². The quantitative estimate of drug-likeness (QED) is 0.852. The standard InChI is InChI=1S/C18H21N3O2S/c1-8-10(3)24-18-15(8)17(22)19-16(20-18)9(2)21-6-11-12(7-21)14-5-4-13(11)23-14/h4-5,9,11-14H,6-7H2,1-3H3,(H,19,20,22). The van der Waals surface area contributed by atoms with E-state index in [0.717, 1.165) is 34.7 Å². The first kappa shape index (κ1) is 14.8. The van der Waals surface area contributed by atoms with Crippen LogP contribution in [0.4, 0.5) is 0 Å². The fourth-order valence-corrected chi connectivity index (χ4v) is 5.56. The number of hydrogen-bond donors (Lipinski definition) is 1. The highest BCUT2D eigenvalue weighted by atomic mass is 32.1. The Morgan fingerprint density at radius 1 is 1.29 bits per heavy atom. The summed E-state index contributed by atoms with van der Waals surface area (Å²) in [6.07, 6.45) is 5.00. The maximum Gasteiger partial charge on any atom is 0.259 e. The molecule has 0 saturated carbocycles. The summed E-state index contributed by atoms with van der Waals surface area (Å²) in [4.78, 5) is 24.8. The van der Waals surface area contributed by atoms with Crippen LogP contribution in [0, 0.1) is 25.7 Å². The molecule has 126 valence electrons. The number of nitrogens with one attached hydrogen (secondary N) is 1. The van der Waals surface area contributed by atoms with Crippen LogP contribution in [0.5, 0.6) is 0 Å². The van der Waals surface area contributed by atoms with Gasteiger partial charge in [0.1, 0.15) is 10.7 Å². The molecule has 0 radical (unpaired) electrons. The van der Waals surface area contributed by atoms with Crippen molar-refractivity contribution >= 4 is 21.6 Å². The third-order valence-corrected chi connectivity index (χ3v) is 7.19. The summed E-state index contributed by atoms with van der Waals surface area (Å²) in [5.74, 6) is 1.96.